The summed E-state index contributed by atoms with van der Waals surface area (Å²) in [7, 11) is -2.30. The number of nitrogens with zero attached hydrogens (tertiary/aromatic N) is 2. The third-order valence-electron chi connectivity index (χ3n) is 5.66. The first-order valence-corrected chi connectivity index (χ1v) is 12.2. The van der Waals surface area contributed by atoms with Crippen LogP contribution in [0.15, 0.2) is 122 Å². The normalized spacial score (nSPS) is 12.1. The van der Waals surface area contributed by atoms with Crippen molar-refractivity contribution in [3.63, 3.8) is 0 Å². The molecule has 0 bridgehead atoms. The van der Waals surface area contributed by atoms with Crippen LogP contribution in [0.5, 0.6) is 0 Å². The summed E-state index contributed by atoms with van der Waals surface area (Å²) in [5, 5.41) is 4.23. The van der Waals surface area contributed by atoms with Gasteiger partial charge in [0.1, 0.15) is 0 Å². The van der Waals surface area contributed by atoms with Gasteiger partial charge in [0.25, 0.3) is 0 Å². The monoisotopic (exact) mass is 394 g/mol. The van der Waals surface area contributed by atoms with E-state index < -0.39 is 7.26 Å². The molecule has 0 saturated carbocycles. The maximum atomic E-state index is 4.97. The van der Waals surface area contributed by atoms with E-state index in [0.717, 1.165) is 17.5 Å². The van der Waals surface area contributed by atoms with Gasteiger partial charge in [-0.3, -0.25) is 0 Å². The Bertz CT molecular complexity index is 1090. The Kier molecular flexibility index (Phi) is 4.71. The second kappa shape index (κ2) is 7.66. The number of pyridine rings is 1. The molecule has 5 rings (SSSR count). The van der Waals surface area contributed by atoms with Gasteiger partial charge in [0.15, 0.2) is 0 Å². The molecule has 0 unspecified atom stereocenters. The van der Waals surface area contributed by atoms with Crippen LogP contribution in [0.2, 0.25) is 0 Å². The number of rotatable bonds is 5. The predicted octanol–water partition coefficient (Wildman–Crippen LogP) is 4.56. The van der Waals surface area contributed by atoms with E-state index in [1.165, 1.54) is 15.9 Å². The van der Waals surface area contributed by atoms with Gasteiger partial charge in [0.2, 0.25) is 0 Å². The first-order chi connectivity index (χ1) is 14.4. The molecular weight excluding hydrogens is 371 g/mol. The van der Waals surface area contributed by atoms with E-state index in [1.807, 2.05) is 6.07 Å². The minimum atomic E-state index is -2.30. The molecule has 3 heteroatoms. The number of hydrogen-bond donors (Lipinski definition) is 0. The molecule has 3 aromatic carbocycles. The number of hydrogen-bond acceptors (Lipinski definition) is 1. The van der Waals surface area contributed by atoms with Crippen LogP contribution in [0.3, 0.4) is 0 Å². The van der Waals surface area contributed by atoms with Crippen LogP contribution in [0.25, 0.3) is 5.65 Å². The van der Waals surface area contributed by atoms with Crippen LogP contribution in [0.1, 0.15) is 5.69 Å². The van der Waals surface area contributed by atoms with E-state index in [9.17, 15) is 0 Å². The Morgan fingerprint density at radius 3 is 1.55 bits per heavy atom. The molecule has 0 N–H and O–H groups in total. The molecule has 0 aliphatic carbocycles. The summed E-state index contributed by atoms with van der Waals surface area (Å²) in [6.07, 6.45) is 5.18. The summed E-state index contributed by atoms with van der Waals surface area (Å²) in [6, 6.07) is 39.2. The van der Waals surface area contributed by atoms with Gasteiger partial charge in [0, 0.05) is 0 Å². The van der Waals surface area contributed by atoms with Crippen LogP contribution in [-0.4, -0.2) is 9.38 Å². The quantitative estimate of drug-likeness (QED) is 0.400. The van der Waals surface area contributed by atoms with Gasteiger partial charge in [-0.1, -0.05) is 0 Å². The van der Waals surface area contributed by atoms with Crippen LogP contribution in [0, 0.1) is 0 Å². The van der Waals surface area contributed by atoms with Gasteiger partial charge in [-0.05, 0) is 0 Å². The van der Waals surface area contributed by atoms with Gasteiger partial charge in [-0.2, -0.15) is 0 Å². The average molecular weight is 394 g/mol. The van der Waals surface area contributed by atoms with Crippen LogP contribution < -0.4 is 15.9 Å². The summed E-state index contributed by atoms with van der Waals surface area (Å²) in [6.45, 7) is 0. The third-order valence-corrected chi connectivity index (χ3v) is 10.5. The van der Waals surface area contributed by atoms with Crippen LogP contribution >= 0.6 is 7.26 Å². The molecule has 0 radical (unpaired) electrons. The number of imidazole rings is 1. The third kappa shape index (κ3) is 3.26. The van der Waals surface area contributed by atoms with E-state index in [4.69, 9.17) is 4.98 Å². The predicted molar refractivity (Wildman–Crippen MR) is 125 cm³/mol. The molecule has 142 valence electrons. The molecule has 0 aliphatic rings. The fourth-order valence-electron chi connectivity index (χ4n) is 4.32. The zero-order chi connectivity index (χ0) is 19.5. The zero-order valence-corrected chi connectivity index (χ0v) is 17.1. The first kappa shape index (κ1) is 17.8. The SMILES string of the molecule is c1ccc([PH](Cc2cn3ccccc3n2)(c2ccccc2)c2ccccc2)cc1. The first-order valence-electron chi connectivity index (χ1n) is 9.95. The topological polar surface area (TPSA) is 17.3 Å². The van der Waals surface area contributed by atoms with Gasteiger partial charge in [-0.15, -0.1) is 0 Å². The van der Waals surface area contributed by atoms with Gasteiger partial charge in [0.05, 0.1) is 0 Å². The molecule has 0 aliphatic heterocycles. The molecule has 0 amide bonds. The average Bonchev–Trinajstić information content (AvgIpc) is 3.22. The summed E-state index contributed by atoms with van der Waals surface area (Å²) in [5.74, 6) is 0. The summed E-state index contributed by atoms with van der Waals surface area (Å²) < 4.78 is 2.12. The standard InChI is InChI=1S/C26H23N2P/c1-4-12-23(13-5-1)29(24-14-6-2-7-15-24,25-16-8-3-9-17-25)21-22-20-28-19-11-10-18-26(28)27-22/h1-20,29H,21H2. The van der Waals surface area contributed by atoms with Gasteiger partial charge >= 0.3 is 172 Å². The van der Waals surface area contributed by atoms with Crippen molar-refractivity contribution in [1.29, 1.82) is 0 Å². The van der Waals surface area contributed by atoms with Crippen molar-refractivity contribution in [3.8, 4) is 0 Å². The van der Waals surface area contributed by atoms with E-state index >= 15 is 0 Å². The second-order valence-corrected chi connectivity index (χ2v) is 11.3. The fourth-order valence-corrected chi connectivity index (χ4v) is 8.93. The Morgan fingerprint density at radius 1 is 0.586 bits per heavy atom. The molecule has 5 aromatic rings. The Hall–Kier alpha value is -3.22. The molecule has 0 saturated heterocycles. The van der Waals surface area contributed by atoms with Crippen molar-refractivity contribution in [2.45, 2.75) is 6.16 Å². The Morgan fingerprint density at radius 2 is 1.07 bits per heavy atom. The zero-order valence-electron chi connectivity index (χ0n) is 16.1. The van der Waals surface area contributed by atoms with E-state index in [0.29, 0.717) is 0 Å². The van der Waals surface area contributed by atoms with E-state index in [-0.39, 0.29) is 0 Å². The van der Waals surface area contributed by atoms with Crippen molar-refractivity contribution in [2.75, 3.05) is 0 Å². The summed E-state index contributed by atoms with van der Waals surface area (Å²) in [4.78, 5) is 4.97. The maximum absolute atomic E-state index is 4.97. The summed E-state index contributed by atoms with van der Waals surface area (Å²) in [5.41, 5.74) is 2.14. The molecule has 2 aromatic heterocycles. The molecule has 0 atom stereocenters. The number of aromatic nitrogens is 2. The van der Waals surface area contributed by atoms with Gasteiger partial charge in [-0.25, -0.2) is 0 Å². The van der Waals surface area contributed by atoms with Crippen molar-refractivity contribution < 1.29 is 0 Å². The Balaban J connectivity index is 1.77. The van der Waals surface area contributed by atoms with Crippen molar-refractivity contribution >= 4 is 28.8 Å². The van der Waals surface area contributed by atoms with Crippen LogP contribution in [-0.2, 0) is 6.16 Å². The molecule has 2 nitrogen and oxygen atoms in total. The van der Waals surface area contributed by atoms with Gasteiger partial charge < -0.3 is 0 Å². The summed E-state index contributed by atoms with van der Waals surface area (Å²) >= 11 is 0. The van der Waals surface area contributed by atoms with Crippen molar-refractivity contribution in [2.24, 2.45) is 0 Å². The molecule has 2 heterocycles. The number of benzene rings is 3. The van der Waals surface area contributed by atoms with Crippen molar-refractivity contribution in [3.05, 3.63) is 127 Å². The molecule has 0 fully saturated rings. The molecular formula is C26H23N2P. The van der Waals surface area contributed by atoms with E-state index in [2.05, 4.69) is 120 Å². The van der Waals surface area contributed by atoms with E-state index in [1.54, 1.807) is 0 Å². The van der Waals surface area contributed by atoms with Crippen molar-refractivity contribution in [1.82, 2.24) is 9.38 Å². The fraction of sp³-hybridized carbons (Fsp3) is 0.0385. The molecule has 29 heavy (non-hydrogen) atoms. The van der Waals surface area contributed by atoms with Crippen LogP contribution in [0.4, 0.5) is 0 Å². The minimum absolute atomic E-state index is 0.923. The molecule has 0 spiro atoms. The second-order valence-electron chi connectivity index (χ2n) is 7.38. The Labute approximate surface area is 171 Å². The number of fused-ring (bicyclic) bond motifs is 1.